The fourth-order valence-corrected chi connectivity index (χ4v) is 4.35. The molecule has 4 amide bonds. The third-order valence-electron chi connectivity index (χ3n) is 6.05. The molecule has 0 spiro atoms. The largest absolute Gasteiger partial charge is 0.469 e. The van der Waals surface area contributed by atoms with Crippen LogP contribution in [0.5, 0.6) is 0 Å². The number of carbonyl (C=O) groups excluding carboxylic acids is 4. The van der Waals surface area contributed by atoms with E-state index in [1.54, 1.807) is 0 Å². The average Bonchev–Trinajstić information content (AvgIpc) is 3.25. The third-order valence-corrected chi connectivity index (χ3v) is 6.05. The summed E-state index contributed by atoms with van der Waals surface area (Å²) in [4.78, 5) is 59.4. The molecule has 2 atom stereocenters. The highest BCUT2D eigenvalue weighted by Gasteiger charge is 2.43. The van der Waals surface area contributed by atoms with Crippen molar-refractivity contribution in [1.29, 1.82) is 0 Å². The molecular weight excluding hydrogens is 428 g/mol. The molecule has 0 aromatic carbocycles. The van der Waals surface area contributed by atoms with Crippen molar-refractivity contribution in [3.05, 3.63) is 24.3 Å². The Morgan fingerprint density at radius 1 is 1.09 bits per heavy atom. The Labute approximate surface area is 193 Å². The molecule has 0 radical (unpaired) electrons. The molecule has 33 heavy (non-hydrogen) atoms. The molecule has 1 aliphatic heterocycles. The van der Waals surface area contributed by atoms with Gasteiger partial charge in [-0.25, -0.2) is 9.78 Å². The van der Waals surface area contributed by atoms with E-state index in [9.17, 15) is 19.2 Å². The minimum Gasteiger partial charge on any atom is -0.469 e. The van der Waals surface area contributed by atoms with Crippen LogP contribution in [-0.4, -0.2) is 77.0 Å². The van der Waals surface area contributed by atoms with Crippen molar-refractivity contribution >= 4 is 23.8 Å². The zero-order valence-electron chi connectivity index (χ0n) is 18.9. The molecule has 1 saturated carbocycles. The molecule has 0 bridgehead atoms. The normalized spacial score (nSPS) is 20.7. The number of hydrogen-bond donors (Lipinski definition) is 3. The molecule has 11 heteroatoms. The predicted octanol–water partition coefficient (Wildman–Crippen LogP) is 0.761. The van der Waals surface area contributed by atoms with Gasteiger partial charge in [-0.1, -0.05) is 19.3 Å². The number of rotatable bonds is 8. The fraction of sp³-hybridized carbons (Fsp3) is 0.636. The second-order valence-electron chi connectivity index (χ2n) is 8.35. The number of carbonyl (C=O) groups is 4. The Bertz CT molecular complexity index is 830. The van der Waals surface area contributed by atoms with Gasteiger partial charge in [-0.15, -0.1) is 0 Å². The van der Waals surface area contributed by atoms with Crippen LogP contribution in [0, 0.1) is 0 Å². The van der Waals surface area contributed by atoms with E-state index in [0.717, 1.165) is 25.7 Å². The Kier molecular flexibility index (Phi) is 8.96. The van der Waals surface area contributed by atoms with E-state index in [4.69, 9.17) is 0 Å². The van der Waals surface area contributed by atoms with Crippen LogP contribution in [0.25, 0.3) is 0 Å². The van der Waals surface area contributed by atoms with Crippen molar-refractivity contribution < 1.29 is 23.9 Å². The Morgan fingerprint density at radius 2 is 1.88 bits per heavy atom. The lowest BCUT2D eigenvalue weighted by Gasteiger charge is -2.28. The third kappa shape index (κ3) is 6.87. The number of methoxy groups -OCH3 is 1. The minimum absolute atomic E-state index is 0.128. The van der Waals surface area contributed by atoms with Crippen molar-refractivity contribution in [2.45, 2.75) is 69.5 Å². The van der Waals surface area contributed by atoms with E-state index in [1.807, 2.05) is 0 Å². The van der Waals surface area contributed by atoms with Gasteiger partial charge in [-0.3, -0.25) is 19.4 Å². The van der Waals surface area contributed by atoms with E-state index in [0.29, 0.717) is 19.4 Å². The van der Waals surface area contributed by atoms with E-state index in [-0.39, 0.29) is 36.7 Å². The van der Waals surface area contributed by atoms with Crippen molar-refractivity contribution in [2.75, 3.05) is 20.2 Å². The molecule has 180 valence electrons. The first kappa shape index (κ1) is 24.4. The van der Waals surface area contributed by atoms with Gasteiger partial charge in [0.15, 0.2) is 0 Å². The van der Waals surface area contributed by atoms with Crippen molar-refractivity contribution in [3.63, 3.8) is 0 Å². The molecule has 1 saturated heterocycles. The summed E-state index contributed by atoms with van der Waals surface area (Å²) in [6.07, 6.45) is 10.5. The summed E-state index contributed by atoms with van der Waals surface area (Å²) >= 11 is 0. The molecule has 1 aliphatic carbocycles. The first-order valence-corrected chi connectivity index (χ1v) is 11.5. The van der Waals surface area contributed by atoms with Crippen molar-refractivity contribution in [1.82, 2.24) is 30.8 Å². The lowest BCUT2D eigenvalue weighted by Crippen LogP contribution is -2.57. The Balaban J connectivity index is 1.65. The second-order valence-corrected chi connectivity index (χ2v) is 8.35. The first-order chi connectivity index (χ1) is 16.0. The molecule has 3 rings (SSSR count). The van der Waals surface area contributed by atoms with Gasteiger partial charge in [0.2, 0.25) is 5.91 Å². The fourth-order valence-electron chi connectivity index (χ4n) is 4.35. The maximum absolute atomic E-state index is 13.1. The van der Waals surface area contributed by atoms with Gasteiger partial charge in [-0.2, -0.15) is 0 Å². The van der Waals surface area contributed by atoms with Crippen LogP contribution in [0.1, 0.15) is 61.9 Å². The number of esters is 1. The van der Waals surface area contributed by atoms with Crippen LogP contribution in [0.15, 0.2) is 18.6 Å². The number of amides is 4. The number of urea groups is 1. The van der Waals surface area contributed by atoms with E-state index >= 15 is 0 Å². The monoisotopic (exact) mass is 460 g/mol. The lowest BCUT2D eigenvalue weighted by atomic mass is 9.96. The first-order valence-electron chi connectivity index (χ1n) is 11.5. The summed E-state index contributed by atoms with van der Waals surface area (Å²) in [5.41, 5.74) is 0.133. The predicted molar refractivity (Wildman–Crippen MR) is 118 cm³/mol. The number of nitrogens with zero attached hydrogens (tertiary/aromatic N) is 3. The Hall–Kier alpha value is -3.24. The number of likely N-dealkylation sites (tertiary alicyclic amines) is 1. The summed E-state index contributed by atoms with van der Waals surface area (Å²) < 4.78 is 4.61. The molecule has 0 unspecified atom stereocenters. The van der Waals surface area contributed by atoms with Crippen molar-refractivity contribution in [2.24, 2.45) is 0 Å². The van der Waals surface area contributed by atoms with Gasteiger partial charge in [0.1, 0.15) is 11.7 Å². The summed E-state index contributed by atoms with van der Waals surface area (Å²) in [6, 6.07) is -1.64. The van der Waals surface area contributed by atoms with Gasteiger partial charge in [-0.05, 0) is 25.7 Å². The number of hydrogen-bond acceptors (Lipinski definition) is 7. The van der Waals surface area contributed by atoms with Gasteiger partial charge in [0.05, 0.1) is 19.3 Å². The average molecular weight is 461 g/mol. The standard InChI is InChI=1S/C22H32N6O5/c1-33-18(29)8-5-10-25-20(30)19-16(27-22(32)26-15-6-3-2-4-7-15)9-13-28(19)21(31)17-14-23-11-12-24-17/h11-12,14-16,19H,2-10,13H2,1H3,(H,25,30)(H2,26,27,32)/t16-,19-/m0/s1. The summed E-state index contributed by atoms with van der Waals surface area (Å²) in [5.74, 6) is -1.17. The highest BCUT2D eigenvalue weighted by molar-refractivity contribution is 5.97. The number of aromatic nitrogens is 2. The van der Waals surface area contributed by atoms with Gasteiger partial charge >= 0.3 is 12.0 Å². The molecule has 11 nitrogen and oxygen atoms in total. The van der Waals surface area contributed by atoms with E-state index in [1.165, 1.54) is 37.0 Å². The highest BCUT2D eigenvalue weighted by Crippen LogP contribution is 2.21. The van der Waals surface area contributed by atoms with Crippen LogP contribution in [0.4, 0.5) is 4.79 Å². The summed E-state index contributed by atoms with van der Waals surface area (Å²) in [5, 5.41) is 8.67. The molecular formula is C22H32N6O5. The molecule has 3 N–H and O–H groups in total. The van der Waals surface area contributed by atoms with Crippen LogP contribution in [0.3, 0.4) is 0 Å². The molecule has 2 aliphatic rings. The topological polar surface area (TPSA) is 143 Å². The van der Waals surface area contributed by atoms with E-state index < -0.39 is 23.9 Å². The van der Waals surface area contributed by atoms with Crippen LogP contribution >= 0.6 is 0 Å². The Morgan fingerprint density at radius 3 is 2.58 bits per heavy atom. The van der Waals surface area contributed by atoms with Crippen molar-refractivity contribution in [3.8, 4) is 0 Å². The smallest absolute Gasteiger partial charge is 0.315 e. The highest BCUT2D eigenvalue weighted by atomic mass is 16.5. The van der Waals surface area contributed by atoms with Crippen LogP contribution in [0.2, 0.25) is 0 Å². The zero-order chi connectivity index (χ0) is 23.6. The molecule has 1 aromatic heterocycles. The van der Waals surface area contributed by atoms with Crippen LogP contribution < -0.4 is 16.0 Å². The molecule has 1 aromatic rings. The van der Waals surface area contributed by atoms with Gasteiger partial charge < -0.3 is 25.6 Å². The van der Waals surface area contributed by atoms with Gasteiger partial charge in [0, 0.05) is 37.9 Å². The maximum atomic E-state index is 13.1. The molecule has 2 heterocycles. The zero-order valence-corrected chi connectivity index (χ0v) is 18.9. The SMILES string of the molecule is COC(=O)CCCNC(=O)[C@@H]1[C@@H](NC(=O)NC2CCCCC2)CCN1C(=O)c1cnccn1. The van der Waals surface area contributed by atoms with E-state index in [2.05, 4.69) is 30.7 Å². The minimum atomic E-state index is -0.894. The lowest BCUT2D eigenvalue weighted by molar-refractivity contribution is -0.140. The maximum Gasteiger partial charge on any atom is 0.315 e. The number of ether oxygens (including phenoxy) is 1. The van der Waals surface area contributed by atoms with Crippen LogP contribution in [-0.2, 0) is 14.3 Å². The number of nitrogens with one attached hydrogen (secondary N) is 3. The quantitative estimate of drug-likeness (QED) is 0.384. The second kappa shape index (κ2) is 12.1. The molecule has 2 fully saturated rings. The summed E-state index contributed by atoms with van der Waals surface area (Å²) in [6.45, 7) is 0.544. The van der Waals surface area contributed by atoms with Gasteiger partial charge in [0.25, 0.3) is 5.91 Å². The summed E-state index contributed by atoms with van der Waals surface area (Å²) in [7, 11) is 1.31.